The van der Waals surface area contributed by atoms with Gasteiger partial charge in [0, 0.05) is 17.3 Å². The van der Waals surface area contributed by atoms with Crippen molar-refractivity contribution in [2.24, 2.45) is 45.3 Å². The van der Waals surface area contributed by atoms with Crippen LogP contribution >= 0.6 is 0 Å². The third-order valence-electron chi connectivity index (χ3n) is 14.4. The van der Waals surface area contributed by atoms with E-state index in [2.05, 4.69) is 13.8 Å². The van der Waals surface area contributed by atoms with Gasteiger partial charge in [-0.25, -0.2) is 0 Å². The number of carbonyl (C=O) groups is 2. The van der Waals surface area contributed by atoms with Gasteiger partial charge in [0.25, 0.3) is 0 Å². The van der Waals surface area contributed by atoms with Crippen molar-refractivity contribution in [2.45, 2.75) is 204 Å². The second-order valence-electron chi connectivity index (χ2n) is 18.8. The molecule has 4 atom stereocenters. The van der Waals surface area contributed by atoms with Crippen LogP contribution in [0.4, 0.5) is 0 Å². The Labute approximate surface area is 289 Å². The van der Waals surface area contributed by atoms with Crippen LogP contribution in [0, 0.1) is 45.3 Å². The normalized spacial score (nSPS) is 40.4. The van der Waals surface area contributed by atoms with Crippen molar-refractivity contribution >= 4 is 11.9 Å². The zero-order valence-corrected chi connectivity index (χ0v) is 28.4. The van der Waals surface area contributed by atoms with E-state index in [1.807, 2.05) is 41.5 Å². The van der Waals surface area contributed by atoms with Crippen LogP contribution in [-0.2, 0) is 19.1 Å². The third-order valence-corrected chi connectivity index (χ3v) is 14.4. The standard InChI is InChI=1S/C37H60O6.4CH4/c1-9-32(7,29(39)43-33(8,10-2)34-14-24-11-25(15-34)13-26(12-24)16-34)20-30(3,4)28(38)42-31(5,6)35-17-27-18-36(40,21-35)23-37(41,19-27)22-35;;;;/h24-27,40-41H,9-23H2,1-8H3;4*1H4. The maximum absolute atomic E-state index is 14.2. The Kier molecular flexibility index (Phi) is 11.5. The molecule has 0 aromatic rings. The molecule has 0 heterocycles. The molecular formula is C41H76O6. The highest BCUT2D eigenvalue weighted by Gasteiger charge is 2.68. The first-order valence-corrected chi connectivity index (χ1v) is 17.6. The SMILES string of the molecule is C.C.C.C.CCC(C)(CC(C)(C)C(=O)OC(C)(C)C12CC3CC(O)(CC(O)(C3)C1)C2)C(=O)OC(C)(CC)C12CC3CC(CC(C3)C1)C2. The second kappa shape index (κ2) is 12.9. The summed E-state index contributed by atoms with van der Waals surface area (Å²) in [6, 6.07) is 0. The van der Waals surface area contributed by atoms with E-state index in [1.165, 1.54) is 38.5 Å². The molecule has 6 heteroatoms. The smallest absolute Gasteiger partial charge is 0.312 e. The van der Waals surface area contributed by atoms with E-state index in [-0.39, 0.29) is 53.0 Å². The van der Waals surface area contributed by atoms with Gasteiger partial charge in [0.2, 0.25) is 0 Å². The molecule has 8 bridgehead atoms. The van der Waals surface area contributed by atoms with Crippen LogP contribution in [0.1, 0.15) is 181 Å². The van der Waals surface area contributed by atoms with Gasteiger partial charge in [-0.1, -0.05) is 43.6 Å². The molecule has 8 aliphatic carbocycles. The van der Waals surface area contributed by atoms with E-state index in [0.717, 1.165) is 43.4 Å². The van der Waals surface area contributed by atoms with Crippen molar-refractivity contribution in [3.05, 3.63) is 0 Å². The number of hydrogen-bond donors (Lipinski definition) is 2. The lowest BCUT2D eigenvalue weighted by molar-refractivity contribution is -0.274. The molecule has 0 spiro atoms. The predicted octanol–water partition coefficient (Wildman–Crippen LogP) is 10.1. The van der Waals surface area contributed by atoms with Gasteiger partial charge in [-0.05, 0) is 155 Å². The average molecular weight is 665 g/mol. The molecule has 0 aromatic heterocycles. The molecule has 8 aliphatic rings. The summed E-state index contributed by atoms with van der Waals surface area (Å²) in [5, 5.41) is 22.7. The Balaban J connectivity index is 0.00000192. The van der Waals surface area contributed by atoms with Gasteiger partial charge in [-0.3, -0.25) is 9.59 Å². The van der Waals surface area contributed by atoms with E-state index >= 15 is 0 Å². The maximum atomic E-state index is 14.2. The van der Waals surface area contributed by atoms with Crippen LogP contribution in [0.3, 0.4) is 0 Å². The van der Waals surface area contributed by atoms with Crippen LogP contribution in [0.2, 0.25) is 0 Å². The summed E-state index contributed by atoms with van der Waals surface area (Å²) in [6.07, 6.45) is 13.2. The highest BCUT2D eigenvalue weighted by Crippen LogP contribution is 2.68. The van der Waals surface area contributed by atoms with E-state index < -0.39 is 38.6 Å². The van der Waals surface area contributed by atoms with E-state index in [0.29, 0.717) is 32.1 Å². The molecule has 0 amide bonds. The third kappa shape index (κ3) is 6.71. The molecule has 8 rings (SSSR count). The van der Waals surface area contributed by atoms with Gasteiger partial charge >= 0.3 is 11.9 Å². The maximum Gasteiger partial charge on any atom is 0.312 e. The van der Waals surface area contributed by atoms with Gasteiger partial charge in [0.15, 0.2) is 0 Å². The fourth-order valence-electron chi connectivity index (χ4n) is 12.5. The highest BCUT2D eigenvalue weighted by molar-refractivity contribution is 5.81. The monoisotopic (exact) mass is 665 g/mol. The number of aliphatic hydroxyl groups is 2. The molecular weight excluding hydrogens is 588 g/mol. The number of rotatable bonds is 10. The highest BCUT2D eigenvalue weighted by atomic mass is 16.6. The molecule has 47 heavy (non-hydrogen) atoms. The number of ether oxygens (including phenoxy) is 2. The second-order valence-corrected chi connectivity index (χ2v) is 18.8. The minimum absolute atomic E-state index is 0. The fourth-order valence-corrected chi connectivity index (χ4v) is 12.5. The van der Waals surface area contributed by atoms with Crippen LogP contribution in [0.5, 0.6) is 0 Å². The van der Waals surface area contributed by atoms with Gasteiger partial charge in [0.1, 0.15) is 11.2 Å². The van der Waals surface area contributed by atoms with Gasteiger partial charge in [-0.15, -0.1) is 0 Å². The Morgan fingerprint density at radius 2 is 1.06 bits per heavy atom. The van der Waals surface area contributed by atoms with Crippen LogP contribution in [-0.4, -0.2) is 44.6 Å². The summed E-state index contributed by atoms with van der Waals surface area (Å²) in [6.45, 7) is 16.1. The number of hydrogen-bond acceptors (Lipinski definition) is 6. The fraction of sp³-hybridized carbons (Fsp3) is 0.951. The zero-order valence-electron chi connectivity index (χ0n) is 28.4. The Morgan fingerprint density at radius 3 is 1.47 bits per heavy atom. The molecule has 2 N–H and O–H groups in total. The van der Waals surface area contributed by atoms with Crippen molar-refractivity contribution in [1.82, 2.24) is 0 Å². The first kappa shape index (κ1) is 42.0. The Hall–Kier alpha value is -1.14. The van der Waals surface area contributed by atoms with Crippen LogP contribution in [0.15, 0.2) is 0 Å². The molecule has 0 radical (unpaired) electrons. The minimum atomic E-state index is -0.916. The lowest BCUT2D eigenvalue weighted by atomic mass is 9.43. The lowest BCUT2D eigenvalue weighted by Gasteiger charge is -2.66. The lowest BCUT2D eigenvalue weighted by Crippen LogP contribution is -2.68. The van der Waals surface area contributed by atoms with Crippen molar-refractivity contribution in [2.75, 3.05) is 0 Å². The Bertz CT molecular complexity index is 1100. The molecule has 4 unspecified atom stereocenters. The minimum Gasteiger partial charge on any atom is -0.459 e. The van der Waals surface area contributed by atoms with Crippen LogP contribution < -0.4 is 0 Å². The first-order chi connectivity index (χ1) is 19.7. The summed E-state index contributed by atoms with van der Waals surface area (Å²) in [7, 11) is 0. The summed E-state index contributed by atoms with van der Waals surface area (Å²) in [5.41, 5.74) is -5.26. The first-order valence-electron chi connectivity index (χ1n) is 17.6. The molecule has 0 saturated heterocycles. The van der Waals surface area contributed by atoms with E-state index in [4.69, 9.17) is 9.47 Å². The quantitative estimate of drug-likeness (QED) is 0.226. The predicted molar refractivity (Wildman–Crippen MR) is 193 cm³/mol. The van der Waals surface area contributed by atoms with Gasteiger partial charge in [0.05, 0.1) is 22.0 Å². The molecule has 0 aromatic carbocycles. The number of esters is 2. The molecule has 0 aliphatic heterocycles. The average Bonchev–Trinajstić information content (AvgIpc) is 2.84. The van der Waals surface area contributed by atoms with Gasteiger partial charge in [-0.2, -0.15) is 0 Å². The summed E-state index contributed by atoms with van der Waals surface area (Å²) in [4.78, 5) is 28.2. The largest absolute Gasteiger partial charge is 0.459 e. The summed E-state index contributed by atoms with van der Waals surface area (Å²) < 4.78 is 13.1. The number of carbonyl (C=O) groups excluding carboxylic acids is 2. The van der Waals surface area contributed by atoms with Crippen molar-refractivity contribution in [1.29, 1.82) is 0 Å². The molecule has 8 fully saturated rings. The summed E-state index contributed by atoms with van der Waals surface area (Å²) in [5.74, 6) is 2.08. The molecule has 6 nitrogen and oxygen atoms in total. The molecule has 276 valence electrons. The van der Waals surface area contributed by atoms with Crippen LogP contribution in [0.25, 0.3) is 0 Å². The zero-order chi connectivity index (χ0) is 31.5. The Morgan fingerprint density at radius 1 is 0.617 bits per heavy atom. The van der Waals surface area contributed by atoms with Crippen molar-refractivity contribution in [3.63, 3.8) is 0 Å². The van der Waals surface area contributed by atoms with E-state index in [1.54, 1.807) is 0 Å². The summed E-state index contributed by atoms with van der Waals surface area (Å²) >= 11 is 0. The van der Waals surface area contributed by atoms with Crippen molar-refractivity contribution in [3.8, 4) is 0 Å². The topological polar surface area (TPSA) is 93.1 Å². The van der Waals surface area contributed by atoms with Crippen molar-refractivity contribution < 1.29 is 29.3 Å². The van der Waals surface area contributed by atoms with E-state index in [9.17, 15) is 19.8 Å². The van der Waals surface area contributed by atoms with Gasteiger partial charge < -0.3 is 19.7 Å². The molecule has 8 saturated carbocycles.